The van der Waals surface area contributed by atoms with E-state index in [-0.39, 0.29) is 12.0 Å². The van der Waals surface area contributed by atoms with E-state index in [0.717, 1.165) is 31.6 Å². The third-order valence-corrected chi connectivity index (χ3v) is 4.01. The summed E-state index contributed by atoms with van der Waals surface area (Å²) in [4.78, 5) is 0. The molecule has 0 bridgehead atoms. The molecule has 0 N–H and O–H groups in total. The summed E-state index contributed by atoms with van der Waals surface area (Å²) in [5.74, 6) is 0.894. The smallest absolute Gasteiger partial charge is 0.0768 e. The molecule has 0 aromatic heterocycles. The number of unbranched alkanes of at least 4 members (excludes halogenated alkanes) is 4. The second kappa shape index (κ2) is 12.9. The van der Waals surface area contributed by atoms with Gasteiger partial charge in [-0.3, -0.25) is 0 Å². The van der Waals surface area contributed by atoms with Gasteiger partial charge in [0, 0.05) is 9.47 Å². The summed E-state index contributed by atoms with van der Waals surface area (Å²) in [5.41, 5.74) is 0. The molecule has 0 aliphatic carbocycles. The largest absolute Gasteiger partial charge is 0.361 e. The van der Waals surface area contributed by atoms with Crippen LogP contribution in [-0.4, -0.2) is 6.10 Å². The monoisotopic (exact) mass is 285 g/mol. The maximum absolute atomic E-state index is 9.22. The predicted octanol–water partition coefficient (Wildman–Crippen LogP) is 5.49. The predicted molar refractivity (Wildman–Crippen MR) is 85.8 cm³/mol. The highest BCUT2D eigenvalue weighted by Gasteiger charge is 2.19. The highest BCUT2D eigenvalue weighted by atomic mass is 31.0. The molecular formula is C16H32NOP. The average Bonchev–Trinajstić information content (AvgIpc) is 2.39. The summed E-state index contributed by atoms with van der Waals surface area (Å²) in [5, 5.41) is 9.22. The van der Waals surface area contributed by atoms with Crippen LogP contribution in [0.4, 0.5) is 0 Å². The zero-order valence-corrected chi connectivity index (χ0v) is 14.2. The Kier molecular flexibility index (Phi) is 12.8. The lowest BCUT2D eigenvalue weighted by Crippen LogP contribution is -2.19. The molecule has 3 heteroatoms. The van der Waals surface area contributed by atoms with Gasteiger partial charge in [0.25, 0.3) is 0 Å². The normalized spacial score (nSPS) is 14.3. The molecule has 0 rings (SSSR count). The molecule has 0 heterocycles. The summed E-state index contributed by atoms with van der Waals surface area (Å²) < 4.78 is 5.36. The highest BCUT2D eigenvalue weighted by molar-refractivity contribution is 7.09. The molecule has 0 saturated carbocycles. The van der Waals surface area contributed by atoms with Gasteiger partial charge in [-0.15, -0.1) is 0 Å². The van der Waals surface area contributed by atoms with Crippen molar-refractivity contribution in [1.82, 2.24) is 0 Å². The molecule has 2 nitrogen and oxygen atoms in total. The van der Waals surface area contributed by atoms with E-state index >= 15 is 0 Å². The Morgan fingerprint density at radius 3 is 2.05 bits per heavy atom. The summed E-state index contributed by atoms with van der Waals surface area (Å²) in [7, 11) is 2.32. The second-order valence-electron chi connectivity index (χ2n) is 5.94. The third kappa shape index (κ3) is 10.3. The summed E-state index contributed by atoms with van der Waals surface area (Å²) in [6.07, 6.45) is 10.9. The van der Waals surface area contributed by atoms with E-state index in [1.54, 1.807) is 0 Å². The molecule has 3 unspecified atom stereocenters. The van der Waals surface area contributed by atoms with Crippen LogP contribution in [0.5, 0.6) is 0 Å². The molecular weight excluding hydrogens is 253 g/mol. The molecule has 0 aliphatic rings. The summed E-state index contributed by atoms with van der Waals surface area (Å²) in [6.45, 7) is 6.71. The SMILES string of the molecule is CCCC(OP)C(C#N)CCCCCCCC(C)C. The van der Waals surface area contributed by atoms with E-state index in [9.17, 15) is 5.26 Å². The minimum Gasteiger partial charge on any atom is -0.361 e. The standard InChI is InChI=1S/C16H32NOP/c1-4-10-16(18-19)15(13-17)12-9-7-5-6-8-11-14(2)3/h14-16H,4-12,19H2,1-3H3. The maximum atomic E-state index is 9.22. The van der Waals surface area contributed by atoms with Crippen molar-refractivity contribution in [2.24, 2.45) is 11.8 Å². The van der Waals surface area contributed by atoms with Crippen LogP contribution in [0.15, 0.2) is 0 Å². The molecule has 0 radical (unpaired) electrons. The van der Waals surface area contributed by atoms with Crippen molar-refractivity contribution >= 4 is 9.47 Å². The van der Waals surface area contributed by atoms with Crippen molar-refractivity contribution in [3.8, 4) is 6.07 Å². The minimum absolute atomic E-state index is 0.0631. The summed E-state index contributed by atoms with van der Waals surface area (Å²) in [6, 6.07) is 2.42. The zero-order valence-electron chi connectivity index (χ0n) is 13.0. The van der Waals surface area contributed by atoms with Gasteiger partial charge in [0.15, 0.2) is 0 Å². The van der Waals surface area contributed by atoms with Gasteiger partial charge in [0.2, 0.25) is 0 Å². The van der Waals surface area contributed by atoms with E-state index in [0.29, 0.717) is 0 Å². The third-order valence-electron chi connectivity index (χ3n) is 3.66. The van der Waals surface area contributed by atoms with Crippen LogP contribution in [0.25, 0.3) is 0 Å². The first-order chi connectivity index (χ1) is 9.15. The van der Waals surface area contributed by atoms with Crippen molar-refractivity contribution < 1.29 is 4.52 Å². The summed E-state index contributed by atoms with van der Waals surface area (Å²) >= 11 is 0. The fourth-order valence-corrected chi connectivity index (χ4v) is 2.76. The van der Waals surface area contributed by atoms with Gasteiger partial charge in [-0.25, -0.2) is 0 Å². The van der Waals surface area contributed by atoms with Gasteiger partial charge in [-0.2, -0.15) is 5.26 Å². The van der Waals surface area contributed by atoms with Crippen LogP contribution >= 0.6 is 9.47 Å². The van der Waals surface area contributed by atoms with E-state index in [4.69, 9.17) is 4.52 Å². The lowest BCUT2D eigenvalue weighted by atomic mass is 9.93. The number of rotatable bonds is 12. The van der Waals surface area contributed by atoms with E-state index in [1.165, 1.54) is 32.1 Å². The maximum Gasteiger partial charge on any atom is 0.0768 e. The van der Waals surface area contributed by atoms with Crippen LogP contribution < -0.4 is 0 Å². The lowest BCUT2D eigenvalue weighted by molar-refractivity contribution is 0.170. The Labute approximate surface area is 122 Å². The molecule has 0 saturated heterocycles. The number of nitriles is 1. The van der Waals surface area contributed by atoms with Gasteiger partial charge >= 0.3 is 0 Å². The Morgan fingerprint density at radius 1 is 1.00 bits per heavy atom. The fraction of sp³-hybridized carbons (Fsp3) is 0.938. The van der Waals surface area contributed by atoms with Crippen LogP contribution in [0.2, 0.25) is 0 Å². The molecule has 112 valence electrons. The molecule has 0 aliphatic heterocycles. The van der Waals surface area contributed by atoms with Crippen molar-refractivity contribution in [3.05, 3.63) is 0 Å². The van der Waals surface area contributed by atoms with Crippen molar-refractivity contribution in [2.45, 2.75) is 84.7 Å². The highest BCUT2D eigenvalue weighted by Crippen LogP contribution is 2.22. The van der Waals surface area contributed by atoms with Crippen LogP contribution in [0, 0.1) is 23.2 Å². The fourth-order valence-electron chi connectivity index (χ4n) is 2.43. The first kappa shape index (κ1) is 18.9. The van der Waals surface area contributed by atoms with Crippen LogP contribution in [0.3, 0.4) is 0 Å². The molecule has 0 amide bonds. The molecule has 0 aromatic carbocycles. The number of nitrogens with zero attached hydrogens (tertiary/aromatic N) is 1. The second-order valence-corrected chi connectivity index (χ2v) is 6.21. The number of hydrogen-bond donors (Lipinski definition) is 0. The van der Waals surface area contributed by atoms with E-state index in [1.807, 2.05) is 0 Å². The van der Waals surface area contributed by atoms with Gasteiger partial charge in [-0.1, -0.05) is 65.7 Å². The minimum atomic E-state index is 0.0631. The molecule has 0 aromatic rings. The Balaban J connectivity index is 3.64. The first-order valence-corrected chi connectivity index (χ1v) is 8.37. The Bertz CT molecular complexity index is 237. The van der Waals surface area contributed by atoms with Gasteiger partial charge in [0.05, 0.1) is 18.1 Å². The first-order valence-electron chi connectivity index (χ1n) is 7.90. The number of hydrogen-bond acceptors (Lipinski definition) is 2. The zero-order chi connectivity index (χ0) is 14.5. The molecule has 3 atom stereocenters. The lowest BCUT2D eigenvalue weighted by Gasteiger charge is -2.19. The van der Waals surface area contributed by atoms with Crippen LogP contribution in [0.1, 0.15) is 78.6 Å². The van der Waals surface area contributed by atoms with E-state index < -0.39 is 0 Å². The van der Waals surface area contributed by atoms with Crippen molar-refractivity contribution in [2.75, 3.05) is 0 Å². The van der Waals surface area contributed by atoms with Gasteiger partial charge in [0.1, 0.15) is 0 Å². The van der Waals surface area contributed by atoms with Crippen LogP contribution in [-0.2, 0) is 4.52 Å². The van der Waals surface area contributed by atoms with Crippen molar-refractivity contribution in [1.29, 1.82) is 5.26 Å². The molecule has 19 heavy (non-hydrogen) atoms. The van der Waals surface area contributed by atoms with Gasteiger partial charge in [-0.05, 0) is 18.8 Å². The molecule has 0 spiro atoms. The topological polar surface area (TPSA) is 33.0 Å². The molecule has 0 fully saturated rings. The average molecular weight is 285 g/mol. The quantitative estimate of drug-likeness (QED) is 0.351. The van der Waals surface area contributed by atoms with Crippen molar-refractivity contribution in [3.63, 3.8) is 0 Å². The van der Waals surface area contributed by atoms with Gasteiger partial charge < -0.3 is 4.52 Å². The van der Waals surface area contributed by atoms with E-state index in [2.05, 4.69) is 36.3 Å². The Morgan fingerprint density at radius 2 is 1.58 bits per heavy atom. The Hall–Kier alpha value is -0.120.